The molecule has 0 spiro atoms. The maximum atomic E-state index is 13.4. The Hall–Kier alpha value is -4.24. The molecule has 3 aromatic carbocycles. The Labute approximate surface area is 226 Å². The third-order valence-corrected chi connectivity index (χ3v) is 6.85. The lowest BCUT2D eigenvalue weighted by atomic mass is 9.94. The highest BCUT2D eigenvalue weighted by Gasteiger charge is 2.30. The molecule has 0 saturated heterocycles. The number of hydrogen-bond donors (Lipinski definition) is 3. The number of thioether (sulfide) groups is 1. The van der Waals surface area contributed by atoms with Gasteiger partial charge in [-0.1, -0.05) is 54.2 Å². The topological polar surface area (TPSA) is 101 Å². The van der Waals surface area contributed by atoms with Gasteiger partial charge in [0.05, 0.1) is 31.2 Å². The Balaban J connectivity index is 1.57. The van der Waals surface area contributed by atoms with Crippen molar-refractivity contribution >= 4 is 40.1 Å². The average Bonchev–Trinajstić information content (AvgIpc) is 2.92. The molecule has 2 amide bonds. The zero-order valence-corrected chi connectivity index (χ0v) is 22.5. The van der Waals surface area contributed by atoms with E-state index in [1.807, 2.05) is 74.5 Å². The minimum Gasteiger partial charge on any atom is -0.496 e. The number of carbonyl (C=O) groups is 2. The molecule has 8 nitrogen and oxygen atoms in total. The van der Waals surface area contributed by atoms with Gasteiger partial charge >= 0.3 is 0 Å². The van der Waals surface area contributed by atoms with Crippen LogP contribution in [0.1, 0.15) is 24.1 Å². The van der Waals surface area contributed by atoms with E-state index in [1.165, 1.54) is 11.8 Å². The smallest absolute Gasteiger partial charge is 0.255 e. The summed E-state index contributed by atoms with van der Waals surface area (Å²) in [5.74, 6) is 0.952. The van der Waals surface area contributed by atoms with Crippen LogP contribution in [-0.2, 0) is 9.59 Å². The highest BCUT2D eigenvalue weighted by Crippen LogP contribution is 2.35. The van der Waals surface area contributed by atoms with E-state index >= 15 is 0 Å². The third kappa shape index (κ3) is 6.36. The molecule has 0 aliphatic carbocycles. The quantitative estimate of drug-likeness (QED) is 0.366. The number of nitrogens with zero attached hydrogens (tertiary/aromatic N) is 1. The number of amides is 2. The Morgan fingerprint density at radius 2 is 1.63 bits per heavy atom. The zero-order chi connectivity index (χ0) is 27.1. The highest BCUT2D eigenvalue weighted by molar-refractivity contribution is 8.14. The highest BCUT2D eigenvalue weighted by atomic mass is 32.2. The zero-order valence-electron chi connectivity index (χ0n) is 21.7. The molecule has 3 aromatic rings. The number of aryl methyl sites for hydroxylation is 1. The molecule has 38 heavy (non-hydrogen) atoms. The molecule has 1 atom stereocenters. The number of anilines is 2. The van der Waals surface area contributed by atoms with Gasteiger partial charge in [0, 0.05) is 11.4 Å². The second-order valence-corrected chi connectivity index (χ2v) is 9.55. The van der Waals surface area contributed by atoms with Crippen LogP contribution in [0.25, 0.3) is 0 Å². The van der Waals surface area contributed by atoms with Crippen LogP contribution in [-0.4, -0.2) is 37.0 Å². The molecule has 196 valence electrons. The number of hydrogen-bond acceptors (Lipinski definition) is 7. The first kappa shape index (κ1) is 26.8. The van der Waals surface area contributed by atoms with Crippen molar-refractivity contribution in [3.8, 4) is 11.5 Å². The second-order valence-electron chi connectivity index (χ2n) is 8.59. The van der Waals surface area contributed by atoms with E-state index in [9.17, 15) is 9.59 Å². The van der Waals surface area contributed by atoms with Crippen LogP contribution in [0.5, 0.6) is 11.5 Å². The molecule has 0 fully saturated rings. The fraction of sp³-hybridized carbons (Fsp3) is 0.207. The molecule has 1 aliphatic heterocycles. The van der Waals surface area contributed by atoms with Gasteiger partial charge in [-0.3, -0.25) is 9.59 Å². The number of rotatable bonds is 8. The van der Waals surface area contributed by atoms with E-state index in [0.29, 0.717) is 39.3 Å². The average molecular weight is 531 g/mol. The number of carbonyl (C=O) groups excluding carboxylic acids is 2. The van der Waals surface area contributed by atoms with E-state index < -0.39 is 6.04 Å². The van der Waals surface area contributed by atoms with Crippen molar-refractivity contribution in [1.82, 2.24) is 5.32 Å². The van der Waals surface area contributed by atoms with E-state index in [-0.39, 0.29) is 17.6 Å². The minimum atomic E-state index is -0.589. The summed E-state index contributed by atoms with van der Waals surface area (Å²) in [7, 11) is 3.17. The van der Waals surface area contributed by atoms with Crippen molar-refractivity contribution in [2.24, 2.45) is 4.99 Å². The van der Waals surface area contributed by atoms with Crippen LogP contribution in [0.4, 0.5) is 11.4 Å². The van der Waals surface area contributed by atoms with Gasteiger partial charge in [-0.2, -0.15) is 0 Å². The standard InChI is InChI=1S/C29H30N4O4S/c1-18-14-15-20(16-24(18)37-4)27-26(28(35)31-21-10-6-5-7-11-21)19(2)30-29(33-27)38-17-25(34)32-22-12-8-9-13-23(22)36-3/h5-16,27H,17H2,1-4H3,(H,30,33)(H,31,35)(H,32,34)/t27-/m0/s1. The summed E-state index contributed by atoms with van der Waals surface area (Å²) in [6.45, 7) is 3.79. The Morgan fingerprint density at radius 1 is 0.921 bits per heavy atom. The first-order chi connectivity index (χ1) is 18.4. The van der Waals surface area contributed by atoms with E-state index in [4.69, 9.17) is 14.5 Å². The Kier molecular flexibility index (Phi) is 8.70. The molecule has 0 saturated carbocycles. The molecule has 0 aromatic heterocycles. The lowest BCUT2D eigenvalue weighted by molar-refractivity contribution is -0.114. The summed E-state index contributed by atoms with van der Waals surface area (Å²) in [5.41, 5.74) is 4.22. The molecule has 0 bridgehead atoms. The molecular weight excluding hydrogens is 500 g/mol. The van der Waals surface area contributed by atoms with Gasteiger partial charge in [0.2, 0.25) is 5.91 Å². The van der Waals surface area contributed by atoms with Gasteiger partial charge < -0.3 is 25.4 Å². The monoisotopic (exact) mass is 530 g/mol. The lowest BCUT2D eigenvalue weighted by Gasteiger charge is -2.27. The molecule has 1 heterocycles. The van der Waals surface area contributed by atoms with Crippen molar-refractivity contribution < 1.29 is 19.1 Å². The minimum absolute atomic E-state index is 0.118. The number of aliphatic imine (C=N–C) groups is 1. The van der Waals surface area contributed by atoms with Crippen LogP contribution >= 0.6 is 11.8 Å². The van der Waals surface area contributed by atoms with Gasteiger partial charge in [-0.25, -0.2) is 4.99 Å². The fourth-order valence-corrected chi connectivity index (χ4v) is 4.80. The van der Waals surface area contributed by atoms with Crippen molar-refractivity contribution in [2.75, 3.05) is 30.6 Å². The number of para-hydroxylation sites is 3. The van der Waals surface area contributed by atoms with Crippen molar-refractivity contribution in [2.45, 2.75) is 19.9 Å². The van der Waals surface area contributed by atoms with Gasteiger partial charge in [0.1, 0.15) is 17.5 Å². The molecular formula is C29H30N4O4S. The SMILES string of the molecule is COc1cc([C@@H]2N=C(SCC(=O)Nc3ccccc3OC)NC(C)=C2C(=O)Nc2ccccc2)ccc1C. The van der Waals surface area contributed by atoms with Gasteiger partial charge in [0.15, 0.2) is 5.17 Å². The third-order valence-electron chi connectivity index (χ3n) is 5.96. The first-order valence-corrected chi connectivity index (χ1v) is 13.0. The number of nitrogens with one attached hydrogen (secondary N) is 3. The predicted octanol–water partition coefficient (Wildman–Crippen LogP) is 5.30. The molecule has 0 radical (unpaired) electrons. The fourth-order valence-electron chi connectivity index (χ4n) is 4.05. The summed E-state index contributed by atoms with van der Waals surface area (Å²) in [5, 5.41) is 9.59. The van der Waals surface area contributed by atoms with Crippen LogP contribution in [0.15, 0.2) is 89.1 Å². The molecule has 9 heteroatoms. The Morgan fingerprint density at radius 3 is 2.37 bits per heavy atom. The molecule has 1 aliphatic rings. The van der Waals surface area contributed by atoms with Crippen LogP contribution in [0.2, 0.25) is 0 Å². The first-order valence-electron chi connectivity index (χ1n) is 12.0. The molecule has 0 unspecified atom stereocenters. The largest absolute Gasteiger partial charge is 0.496 e. The van der Waals surface area contributed by atoms with Crippen molar-refractivity contribution in [3.05, 3.63) is 95.2 Å². The molecule has 4 rings (SSSR count). The summed E-state index contributed by atoms with van der Waals surface area (Å²) in [4.78, 5) is 31.0. The normalized spacial score (nSPS) is 14.7. The van der Waals surface area contributed by atoms with Gasteiger partial charge in [-0.05, 0) is 55.3 Å². The predicted molar refractivity (Wildman–Crippen MR) is 153 cm³/mol. The number of allylic oxidation sites excluding steroid dienone is 1. The van der Waals surface area contributed by atoms with Crippen LogP contribution in [0.3, 0.4) is 0 Å². The maximum Gasteiger partial charge on any atom is 0.255 e. The second kappa shape index (κ2) is 12.3. The number of ether oxygens (including phenoxy) is 2. The van der Waals surface area contributed by atoms with E-state index in [1.54, 1.807) is 26.4 Å². The van der Waals surface area contributed by atoms with Gasteiger partial charge in [0.25, 0.3) is 5.91 Å². The Bertz CT molecular complexity index is 1390. The number of amidine groups is 1. The van der Waals surface area contributed by atoms with E-state index in [0.717, 1.165) is 11.1 Å². The summed E-state index contributed by atoms with van der Waals surface area (Å²) in [6.07, 6.45) is 0. The summed E-state index contributed by atoms with van der Waals surface area (Å²) >= 11 is 1.26. The number of methoxy groups -OCH3 is 2. The molecule has 3 N–H and O–H groups in total. The van der Waals surface area contributed by atoms with Gasteiger partial charge in [-0.15, -0.1) is 0 Å². The lowest BCUT2D eigenvalue weighted by Crippen LogP contribution is -2.32. The number of benzene rings is 3. The van der Waals surface area contributed by atoms with Crippen LogP contribution < -0.4 is 25.4 Å². The van der Waals surface area contributed by atoms with Crippen molar-refractivity contribution in [3.63, 3.8) is 0 Å². The summed E-state index contributed by atoms with van der Waals surface area (Å²) < 4.78 is 10.8. The van der Waals surface area contributed by atoms with Crippen LogP contribution in [0, 0.1) is 6.92 Å². The maximum absolute atomic E-state index is 13.4. The van der Waals surface area contributed by atoms with E-state index in [2.05, 4.69) is 16.0 Å². The van der Waals surface area contributed by atoms with Crippen molar-refractivity contribution in [1.29, 1.82) is 0 Å². The summed E-state index contributed by atoms with van der Waals surface area (Å²) in [6, 6.07) is 21.7.